The average molecular weight is 367 g/mol. The molecule has 0 saturated carbocycles. The third-order valence-corrected chi connectivity index (χ3v) is 4.75. The van der Waals surface area contributed by atoms with E-state index in [9.17, 15) is 27.7 Å². The second-order valence-corrected chi connectivity index (χ2v) is 6.83. The summed E-state index contributed by atoms with van der Waals surface area (Å²) >= 11 is 0. The van der Waals surface area contributed by atoms with Gasteiger partial charge in [-0.15, -0.1) is 0 Å². The molecule has 8 nitrogen and oxygen atoms in total. The van der Waals surface area contributed by atoms with E-state index in [1.165, 1.54) is 37.3 Å². The van der Waals surface area contributed by atoms with E-state index < -0.39 is 33.2 Å². The number of nitro benzene ring substituents is 1. The van der Waals surface area contributed by atoms with Crippen LogP contribution in [-0.4, -0.2) is 25.8 Å². The van der Waals surface area contributed by atoms with Crippen LogP contribution in [0.25, 0.3) is 0 Å². The molecule has 132 valence electrons. The molecule has 2 rings (SSSR count). The molecule has 1 amide bonds. The van der Waals surface area contributed by atoms with E-state index in [1.807, 2.05) is 0 Å². The summed E-state index contributed by atoms with van der Waals surface area (Å²) in [5.41, 5.74) is 0.0922. The van der Waals surface area contributed by atoms with Crippen LogP contribution in [0, 0.1) is 22.9 Å². The summed E-state index contributed by atoms with van der Waals surface area (Å²) in [5, 5.41) is 13.1. The molecule has 0 heterocycles. The summed E-state index contributed by atoms with van der Waals surface area (Å²) in [6.45, 7) is 0.867. The molecule has 0 fully saturated rings. The van der Waals surface area contributed by atoms with Crippen LogP contribution in [0.4, 0.5) is 15.8 Å². The maximum Gasteiger partial charge on any atom is 0.270 e. The normalized spacial score (nSPS) is 11.1. The number of amides is 1. The van der Waals surface area contributed by atoms with Crippen LogP contribution in [0.3, 0.4) is 0 Å². The minimum atomic E-state index is -4.13. The first-order valence-electron chi connectivity index (χ1n) is 6.99. The van der Waals surface area contributed by atoms with Crippen molar-refractivity contribution >= 4 is 27.3 Å². The number of carbonyl (C=O) groups is 1. The summed E-state index contributed by atoms with van der Waals surface area (Å²) in [7, 11) is -4.13. The summed E-state index contributed by atoms with van der Waals surface area (Å²) in [4.78, 5) is 21.6. The van der Waals surface area contributed by atoms with Gasteiger partial charge in [0.25, 0.3) is 5.69 Å². The number of halogens is 1. The number of sulfonamides is 1. The van der Waals surface area contributed by atoms with Crippen molar-refractivity contribution in [3.63, 3.8) is 0 Å². The van der Waals surface area contributed by atoms with Crippen molar-refractivity contribution in [2.75, 3.05) is 11.9 Å². The van der Waals surface area contributed by atoms with Crippen LogP contribution in [0.15, 0.2) is 47.4 Å². The standard InChI is InChI=1S/C15H14FN3O5S/c1-10-5-6-13(19(21)22)8-14(10)25(23,24)17-9-15(20)18-12-4-2-3-11(16)7-12/h2-8,17H,9H2,1H3,(H,18,20). The molecule has 0 aliphatic heterocycles. The van der Waals surface area contributed by atoms with Crippen molar-refractivity contribution in [2.24, 2.45) is 0 Å². The largest absolute Gasteiger partial charge is 0.325 e. The molecule has 0 radical (unpaired) electrons. The number of aryl methyl sites for hydroxylation is 1. The molecule has 0 unspecified atom stereocenters. The second kappa shape index (κ2) is 7.36. The zero-order chi connectivity index (χ0) is 18.6. The highest BCUT2D eigenvalue weighted by Crippen LogP contribution is 2.21. The molecular weight excluding hydrogens is 353 g/mol. The molecule has 0 aliphatic rings. The molecule has 0 atom stereocenters. The highest BCUT2D eigenvalue weighted by Gasteiger charge is 2.21. The van der Waals surface area contributed by atoms with Crippen LogP contribution in [-0.2, 0) is 14.8 Å². The van der Waals surface area contributed by atoms with E-state index in [2.05, 4.69) is 10.0 Å². The van der Waals surface area contributed by atoms with E-state index in [0.29, 0.717) is 5.56 Å². The number of rotatable bonds is 6. The Labute approximate surface area is 142 Å². The monoisotopic (exact) mass is 367 g/mol. The Morgan fingerprint density at radius 2 is 1.96 bits per heavy atom. The van der Waals surface area contributed by atoms with Gasteiger partial charge in [0, 0.05) is 17.8 Å². The molecule has 2 aromatic carbocycles. The molecule has 2 N–H and O–H groups in total. The Bertz CT molecular complexity index is 931. The van der Waals surface area contributed by atoms with Crippen molar-refractivity contribution < 1.29 is 22.5 Å². The Kier molecular flexibility index (Phi) is 5.45. The molecule has 10 heteroatoms. The number of nitrogens with one attached hydrogen (secondary N) is 2. The van der Waals surface area contributed by atoms with Crippen molar-refractivity contribution in [1.82, 2.24) is 4.72 Å². The Hall–Kier alpha value is -2.85. The average Bonchev–Trinajstić information content (AvgIpc) is 2.53. The van der Waals surface area contributed by atoms with Crippen molar-refractivity contribution in [3.05, 3.63) is 64.0 Å². The van der Waals surface area contributed by atoms with Gasteiger partial charge in [-0.05, 0) is 30.7 Å². The van der Waals surface area contributed by atoms with Crippen molar-refractivity contribution in [1.29, 1.82) is 0 Å². The van der Waals surface area contributed by atoms with Gasteiger partial charge in [-0.25, -0.2) is 17.5 Å². The van der Waals surface area contributed by atoms with Gasteiger partial charge in [-0.1, -0.05) is 12.1 Å². The maximum atomic E-state index is 13.0. The lowest BCUT2D eigenvalue weighted by Gasteiger charge is -2.10. The first-order valence-corrected chi connectivity index (χ1v) is 8.47. The number of hydrogen-bond acceptors (Lipinski definition) is 5. The lowest BCUT2D eigenvalue weighted by Crippen LogP contribution is -2.33. The second-order valence-electron chi connectivity index (χ2n) is 5.09. The van der Waals surface area contributed by atoms with Gasteiger partial charge < -0.3 is 5.32 Å². The quantitative estimate of drug-likeness (QED) is 0.598. The highest BCUT2D eigenvalue weighted by molar-refractivity contribution is 7.89. The molecule has 0 spiro atoms. The number of anilines is 1. The van der Waals surface area contributed by atoms with E-state index in [-0.39, 0.29) is 16.3 Å². The number of non-ortho nitro benzene ring substituents is 1. The highest BCUT2D eigenvalue weighted by atomic mass is 32.2. The zero-order valence-corrected chi connectivity index (χ0v) is 13.8. The fraction of sp³-hybridized carbons (Fsp3) is 0.133. The van der Waals surface area contributed by atoms with E-state index in [1.54, 1.807) is 0 Å². The van der Waals surface area contributed by atoms with E-state index in [0.717, 1.165) is 12.1 Å². The summed E-state index contributed by atoms with van der Waals surface area (Å²) in [6, 6.07) is 8.52. The third kappa shape index (κ3) is 4.81. The van der Waals surface area contributed by atoms with Crippen molar-refractivity contribution in [3.8, 4) is 0 Å². The molecular formula is C15H14FN3O5S. The summed E-state index contributed by atoms with van der Waals surface area (Å²) in [6.07, 6.45) is 0. The topological polar surface area (TPSA) is 118 Å². The molecule has 0 aliphatic carbocycles. The van der Waals surface area contributed by atoms with Gasteiger partial charge in [0.1, 0.15) is 5.82 Å². The first kappa shape index (κ1) is 18.5. The van der Waals surface area contributed by atoms with Gasteiger partial charge in [-0.3, -0.25) is 14.9 Å². The van der Waals surface area contributed by atoms with Gasteiger partial charge in [0.05, 0.1) is 16.4 Å². The fourth-order valence-corrected chi connectivity index (χ4v) is 3.25. The predicted molar refractivity (Wildman–Crippen MR) is 88.1 cm³/mol. The van der Waals surface area contributed by atoms with Crippen LogP contribution < -0.4 is 10.0 Å². The minimum Gasteiger partial charge on any atom is -0.325 e. The maximum absolute atomic E-state index is 13.0. The number of benzene rings is 2. The summed E-state index contributed by atoms with van der Waals surface area (Å²) in [5.74, 6) is -1.26. The zero-order valence-electron chi connectivity index (χ0n) is 13.0. The first-order chi connectivity index (χ1) is 11.7. The molecule has 2 aromatic rings. The molecule has 0 aromatic heterocycles. The van der Waals surface area contributed by atoms with E-state index in [4.69, 9.17) is 0 Å². The van der Waals surface area contributed by atoms with Gasteiger partial charge >= 0.3 is 0 Å². The van der Waals surface area contributed by atoms with Crippen LogP contribution in [0.1, 0.15) is 5.56 Å². The van der Waals surface area contributed by atoms with Crippen LogP contribution >= 0.6 is 0 Å². The van der Waals surface area contributed by atoms with Crippen LogP contribution in [0.2, 0.25) is 0 Å². The molecule has 0 bridgehead atoms. The number of nitrogens with zero attached hydrogens (tertiary/aromatic N) is 1. The molecule has 25 heavy (non-hydrogen) atoms. The number of hydrogen-bond donors (Lipinski definition) is 2. The van der Waals surface area contributed by atoms with Gasteiger partial charge in [-0.2, -0.15) is 0 Å². The Morgan fingerprint density at radius 1 is 1.24 bits per heavy atom. The smallest absolute Gasteiger partial charge is 0.270 e. The van der Waals surface area contributed by atoms with Gasteiger partial charge in [0.2, 0.25) is 15.9 Å². The fourth-order valence-electron chi connectivity index (χ4n) is 2.00. The lowest BCUT2D eigenvalue weighted by molar-refractivity contribution is -0.385. The van der Waals surface area contributed by atoms with Crippen molar-refractivity contribution in [2.45, 2.75) is 11.8 Å². The predicted octanol–water partition coefficient (Wildman–Crippen LogP) is 1.96. The minimum absolute atomic E-state index is 0.177. The number of carbonyl (C=O) groups excluding carboxylic acids is 1. The van der Waals surface area contributed by atoms with E-state index >= 15 is 0 Å². The molecule has 0 saturated heterocycles. The summed E-state index contributed by atoms with van der Waals surface area (Å²) < 4.78 is 39.6. The Morgan fingerprint density at radius 3 is 2.60 bits per heavy atom. The van der Waals surface area contributed by atoms with Crippen LogP contribution in [0.5, 0.6) is 0 Å². The number of nitro groups is 1. The third-order valence-electron chi connectivity index (χ3n) is 3.20. The lowest BCUT2D eigenvalue weighted by atomic mass is 10.2. The SMILES string of the molecule is Cc1ccc([N+](=O)[O-])cc1S(=O)(=O)NCC(=O)Nc1cccc(F)c1. The Balaban J connectivity index is 2.10. The van der Waals surface area contributed by atoms with Gasteiger partial charge in [0.15, 0.2) is 0 Å².